The molecule has 5 rings (SSSR count). The third kappa shape index (κ3) is 4.99. The monoisotopic (exact) mass is 476 g/mol. The van der Waals surface area contributed by atoms with Crippen molar-refractivity contribution in [1.82, 2.24) is 4.57 Å². The molecule has 0 radical (unpaired) electrons. The van der Waals surface area contributed by atoms with E-state index < -0.39 is 5.91 Å². The standard InChI is InChI=1S/C32H32N2O2/c1-2-3-5-9-23-16-19-27-30(20-23)34(29-13-8-12-28(31(27)29)32(33)35)21-24-14-17-26(18-15-24)36-22-25-10-6-4-7-11-25/h4,6-8,10-20H,2-3,5,9,21-22H2,1H3,(H2,33,35). The molecule has 0 saturated heterocycles. The van der Waals surface area contributed by atoms with E-state index in [0.29, 0.717) is 18.7 Å². The molecular formula is C32H32N2O2. The number of aromatic nitrogens is 1. The van der Waals surface area contributed by atoms with Gasteiger partial charge in [0.2, 0.25) is 5.91 Å². The van der Waals surface area contributed by atoms with Crippen LogP contribution in [0.15, 0.2) is 91.0 Å². The van der Waals surface area contributed by atoms with Gasteiger partial charge in [-0.3, -0.25) is 4.79 Å². The summed E-state index contributed by atoms with van der Waals surface area (Å²) in [6.07, 6.45) is 4.67. The van der Waals surface area contributed by atoms with Gasteiger partial charge >= 0.3 is 0 Å². The van der Waals surface area contributed by atoms with E-state index in [1.54, 1.807) is 0 Å². The average molecular weight is 477 g/mol. The number of unbranched alkanes of at least 4 members (excludes halogenated alkanes) is 2. The smallest absolute Gasteiger partial charge is 0.249 e. The molecule has 0 aliphatic rings. The Morgan fingerprint density at radius 3 is 2.33 bits per heavy atom. The summed E-state index contributed by atoms with van der Waals surface area (Å²) in [6, 6.07) is 30.9. The predicted octanol–water partition coefficient (Wildman–Crippen LogP) is 7.25. The number of fused-ring (bicyclic) bond motifs is 3. The zero-order chi connectivity index (χ0) is 24.9. The van der Waals surface area contributed by atoms with Gasteiger partial charge in [0.1, 0.15) is 12.4 Å². The molecule has 0 aliphatic heterocycles. The number of carbonyl (C=O) groups is 1. The molecule has 2 N–H and O–H groups in total. The van der Waals surface area contributed by atoms with E-state index in [1.807, 2.05) is 42.5 Å². The van der Waals surface area contributed by atoms with E-state index in [1.165, 1.54) is 30.4 Å². The molecule has 36 heavy (non-hydrogen) atoms. The number of primary amides is 1. The Labute approximate surface area is 212 Å². The summed E-state index contributed by atoms with van der Waals surface area (Å²) in [6.45, 7) is 3.47. The highest BCUT2D eigenvalue weighted by atomic mass is 16.5. The predicted molar refractivity (Wildman–Crippen MR) is 148 cm³/mol. The number of nitrogens with two attached hydrogens (primary N) is 1. The van der Waals surface area contributed by atoms with Gasteiger partial charge in [-0.15, -0.1) is 0 Å². The molecule has 0 fully saturated rings. The first kappa shape index (κ1) is 23.7. The number of ether oxygens (including phenoxy) is 1. The van der Waals surface area contributed by atoms with Gasteiger partial charge in [-0.2, -0.15) is 0 Å². The van der Waals surface area contributed by atoms with E-state index in [4.69, 9.17) is 10.5 Å². The van der Waals surface area contributed by atoms with E-state index in [2.05, 4.69) is 60.0 Å². The highest BCUT2D eigenvalue weighted by Gasteiger charge is 2.17. The van der Waals surface area contributed by atoms with Crippen LogP contribution in [-0.2, 0) is 19.6 Å². The Kier molecular flexibility index (Phi) is 7.03. The molecule has 4 heteroatoms. The third-order valence-electron chi connectivity index (χ3n) is 6.80. The van der Waals surface area contributed by atoms with Crippen LogP contribution in [0.3, 0.4) is 0 Å². The van der Waals surface area contributed by atoms with Crippen LogP contribution in [0.25, 0.3) is 21.8 Å². The van der Waals surface area contributed by atoms with Gasteiger partial charge < -0.3 is 15.0 Å². The van der Waals surface area contributed by atoms with Crippen molar-refractivity contribution in [3.63, 3.8) is 0 Å². The van der Waals surface area contributed by atoms with Gasteiger partial charge in [0.15, 0.2) is 0 Å². The number of amides is 1. The molecule has 1 heterocycles. The van der Waals surface area contributed by atoms with Crippen molar-refractivity contribution in [2.45, 2.75) is 45.8 Å². The highest BCUT2D eigenvalue weighted by molar-refractivity contribution is 6.18. The summed E-state index contributed by atoms with van der Waals surface area (Å²) in [4.78, 5) is 12.3. The zero-order valence-electron chi connectivity index (χ0n) is 20.7. The van der Waals surface area contributed by atoms with Crippen molar-refractivity contribution in [3.8, 4) is 5.75 Å². The van der Waals surface area contributed by atoms with Crippen LogP contribution in [0, 0.1) is 0 Å². The van der Waals surface area contributed by atoms with Crippen LogP contribution in [0.5, 0.6) is 5.75 Å². The summed E-state index contributed by atoms with van der Waals surface area (Å²) >= 11 is 0. The third-order valence-corrected chi connectivity index (χ3v) is 6.80. The number of hydrogen-bond acceptors (Lipinski definition) is 2. The molecule has 4 nitrogen and oxygen atoms in total. The summed E-state index contributed by atoms with van der Waals surface area (Å²) in [5.41, 5.74) is 12.1. The summed E-state index contributed by atoms with van der Waals surface area (Å²) in [7, 11) is 0. The van der Waals surface area contributed by atoms with Crippen molar-refractivity contribution in [2.75, 3.05) is 0 Å². The maximum absolute atomic E-state index is 12.3. The van der Waals surface area contributed by atoms with Crippen molar-refractivity contribution in [3.05, 3.63) is 113 Å². The van der Waals surface area contributed by atoms with Crippen LogP contribution >= 0.6 is 0 Å². The maximum Gasteiger partial charge on any atom is 0.249 e. The first-order chi connectivity index (χ1) is 17.6. The average Bonchev–Trinajstić information content (AvgIpc) is 3.22. The number of nitrogens with zero attached hydrogens (tertiary/aromatic N) is 1. The van der Waals surface area contributed by atoms with Crippen molar-refractivity contribution >= 4 is 27.7 Å². The number of benzene rings is 4. The van der Waals surface area contributed by atoms with Crippen LogP contribution in [0.4, 0.5) is 0 Å². The minimum atomic E-state index is -0.397. The van der Waals surface area contributed by atoms with Gasteiger partial charge in [-0.25, -0.2) is 0 Å². The van der Waals surface area contributed by atoms with Crippen molar-refractivity contribution in [1.29, 1.82) is 0 Å². The lowest BCUT2D eigenvalue weighted by atomic mass is 10.0. The minimum Gasteiger partial charge on any atom is -0.489 e. The molecule has 1 amide bonds. The lowest BCUT2D eigenvalue weighted by Crippen LogP contribution is -2.11. The topological polar surface area (TPSA) is 57.2 Å². The van der Waals surface area contributed by atoms with Gasteiger partial charge in [-0.05, 0) is 59.9 Å². The van der Waals surface area contributed by atoms with Gasteiger partial charge in [0.25, 0.3) is 0 Å². The molecule has 1 aromatic heterocycles. The van der Waals surface area contributed by atoms with Gasteiger partial charge in [-0.1, -0.05) is 80.4 Å². The van der Waals surface area contributed by atoms with E-state index in [0.717, 1.165) is 39.5 Å². The molecule has 5 aromatic rings. The first-order valence-corrected chi connectivity index (χ1v) is 12.7. The van der Waals surface area contributed by atoms with E-state index in [-0.39, 0.29) is 0 Å². The Morgan fingerprint density at radius 2 is 1.58 bits per heavy atom. The zero-order valence-corrected chi connectivity index (χ0v) is 20.7. The highest BCUT2D eigenvalue weighted by Crippen LogP contribution is 2.33. The minimum absolute atomic E-state index is 0.397. The normalized spacial score (nSPS) is 11.2. The second kappa shape index (κ2) is 10.7. The number of rotatable bonds is 10. The van der Waals surface area contributed by atoms with Crippen LogP contribution in [0.1, 0.15) is 53.2 Å². The van der Waals surface area contributed by atoms with Crippen molar-refractivity contribution < 1.29 is 9.53 Å². The Hall–Kier alpha value is -4.05. The van der Waals surface area contributed by atoms with Crippen molar-refractivity contribution in [2.24, 2.45) is 5.73 Å². The number of carbonyl (C=O) groups excluding carboxylic acids is 1. The second-order valence-electron chi connectivity index (χ2n) is 9.38. The fraction of sp³-hybridized carbons (Fsp3) is 0.219. The van der Waals surface area contributed by atoms with E-state index in [9.17, 15) is 4.79 Å². The molecular weight excluding hydrogens is 444 g/mol. The quantitative estimate of drug-likeness (QED) is 0.216. The number of hydrogen-bond donors (Lipinski definition) is 1. The molecule has 0 spiro atoms. The summed E-state index contributed by atoms with van der Waals surface area (Å²) in [5, 5.41) is 2.00. The summed E-state index contributed by atoms with van der Waals surface area (Å²) in [5.74, 6) is 0.450. The van der Waals surface area contributed by atoms with Crippen LogP contribution in [0.2, 0.25) is 0 Å². The molecule has 0 aliphatic carbocycles. The molecule has 0 saturated carbocycles. The van der Waals surface area contributed by atoms with E-state index >= 15 is 0 Å². The lowest BCUT2D eigenvalue weighted by Gasteiger charge is -2.11. The van der Waals surface area contributed by atoms with Gasteiger partial charge in [0.05, 0.1) is 5.52 Å². The largest absolute Gasteiger partial charge is 0.489 e. The SMILES string of the molecule is CCCCCc1ccc2c3c(C(N)=O)cccc3n(Cc3ccc(OCc4ccccc4)cc3)c2c1. The fourth-order valence-electron chi connectivity index (χ4n) is 4.91. The molecule has 0 bridgehead atoms. The summed E-state index contributed by atoms with van der Waals surface area (Å²) < 4.78 is 8.27. The fourth-order valence-corrected chi connectivity index (χ4v) is 4.91. The second-order valence-corrected chi connectivity index (χ2v) is 9.38. The van der Waals surface area contributed by atoms with Crippen LogP contribution < -0.4 is 10.5 Å². The lowest BCUT2D eigenvalue weighted by molar-refractivity contribution is 0.100. The Bertz CT molecular complexity index is 1480. The molecule has 182 valence electrons. The molecule has 4 aromatic carbocycles. The first-order valence-electron chi connectivity index (χ1n) is 12.7. The van der Waals surface area contributed by atoms with Crippen LogP contribution in [-0.4, -0.2) is 10.5 Å². The number of aryl methyl sites for hydroxylation is 1. The Morgan fingerprint density at radius 1 is 0.806 bits per heavy atom. The maximum atomic E-state index is 12.3. The van der Waals surface area contributed by atoms with Gasteiger partial charge in [0, 0.05) is 28.4 Å². The molecule has 0 atom stereocenters. The molecule has 0 unspecified atom stereocenters. The Balaban J connectivity index is 1.48.